The highest BCUT2D eigenvalue weighted by Crippen LogP contribution is 2.23. The van der Waals surface area contributed by atoms with Crippen LogP contribution in [0.2, 0.25) is 0 Å². The van der Waals surface area contributed by atoms with Crippen molar-refractivity contribution in [2.45, 2.75) is 314 Å². The number of hydrogen-bond donors (Lipinski definition) is 4. The van der Waals surface area contributed by atoms with Crippen molar-refractivity contribution in [3.05, 3.63) is 12.2 Å². The molecule has 0 aromatic rings. The predicted octanol–water partition coefficient (Wildman–Crippen LogP) is 13.8. The lowest BCUT2D eigenvalue weighted by atomic mass is 9.99. The normalized spacial score (nSPS) is 19.2. The Balaban J connectivity index is 2.20. The van der Waals surface area contributed by atoms with Crippen molar-refractivity contribution < 1.29 is 49.0 Å². The molecule has 1 saturated heterocycles. The van der Waals surface area contributed by atoms with E-state index in [0.29, 0.717) is 6.42 Å². The summed E-state index contributed by atoms with van der Waals surface area (Å²) in [6.45, 7) is 3.48. The molecular weight excluding hydrogens is 833 g/mol. The smallest absolute Gasteiger partial charge is 0.306 e. The van der Waals surface area contributed by atoms with Crippen LogP contribution in [0.5, 0.6) is 0 Å². The molecule has 10 heteroatoms. The molecule has 0 spiro atoms. The van der Waals surface area contributed by atoms with Gasteiger partial charge >= 0.3 is 11.9 Å². The van der Waals surface area contributed by atoms with E-state index in [1.54, 1.807) is 0 Å². The second-order valence-electron chi connectivity index (χ2n) is 19.7. The highest BCUT2D eigenvalue weighted by Gasteiger charge is 2.44. The molecule has 0 aromatic heterocycles. The molecule has 4 N–H and O–H groups in total. The van der Waals surface area contributed by atoms with E-state index in [4.69, 9.17) is 18.9 Å². The second kappa shape index (κ2) is 47.1. The topological polar surface area (TPSA) is 152 Å². The Hall–Kier alpha value is -1.56. The molecule has 1 aliphatic rings. The predicted molar refractivity (Wildman–Crippen MR) is 270 cm³/mol. The molecule has 390 valence electrons. The highest BCUT2D eigenvalue weighted by atomic mass is 16.7. The SMILES string of the molecule is CCCCCCCC/C=C\CCCCCCCCCCCC(=O)OC(COC(=O)CCCCCCCCCCCCCCCCCCCCCCCC)COC1OC(CO)C(O)C(O)C1O. The third-order valence-corrected chi connectivity index (χ3v) is 13.4. The van der Waals surface area contributed by atoms with E-state index in [2.05, 4.69) is 26.0 Å². The summed E-state index contributed by atoms with van der Waals surface area (Å²) in [5, 5.41) is 40.3. The lowest BCUT2D eigenvalue weighted by molar-refractivity contribution is -0.305. The van der Waals surface area contributed by atoms with Gasteiger partial charge in [-0.3, -0.25) is 9.59 Å². The Morgan fingerprint density at radius 2 is 0.803 bits per heavy atom. The molecule has 0 amide bonds. The van der Waals surface area contributed by atoms with Crippen molar-refractivity contribution in [3.8, 4) is 0 Å². The summed E-state index contributed by atoms with van der Waals surface area (Å²) in [6, 6.07) is 0. The van der Waals surface area contributed by atoms with Crippen molar-refractivity contribution in [2.75, 3.05) is 19.8 Å². The number of carbonyl (C=O) groups excluding carboxylic acids is 2. The maximum atomic E-state index is 12.9. The molecule has 1 fully saturated rings. The van der Waals surface area contributed by atoms with Crippen LogP contribution in [-0.2, 0) is 28.5 Å². The maximum Gasteiger partial charge on any atom is 0.306 e. The first-order valence-corrected chi connectivity index (χ1v) is 28.3. The zero-order valence-corrected chi connectivity index (χ0v) is 43.0. The summed E-state index contributed by atoms with van der Waals surface area (Å²) in [4.78, 5) is 25.5. The fourth-order valence-electron chi connectivity index (χ4n) is 8.95. The van der Waals surface area contributed by atoms with Gasteiger partial charge in [0.1, 0.15) is 31.0 Å². The fourth-order valence-corrected chi connectivity index (χ4v) is 8.95. The van der Waals surface area contributed by atoms with Crippen LogP contribution in [0.4, 0.5) is 0 Å². The summed E-state index contributed by atoms with van der Waals surface area (Å²) in [5.74, 6) is -0.790. The minimum atomic E-state index is -1.59. The minimum Gasteiger partial charge on any atom is -0.462 e. The number of ether oxygens (including phenoxy) is 4. The number of aliphatic hydroxyl groups excluding tert-OH is 4. The van der Waals surface area contributed by atoms with Gasteiger partial charge in [-0.15, -0.1) is 0 Å². The Labute approximate surface area is 405 Å². The number of hydrogen-bond acceptors (Lipinski definition) is 10. The van der Waals surface area contributed by atoms with Crippen LogP contribution < -0.4 is 0 Å². The molecule has 1 heterocycles. The molecule has 0 aliphatic carbocycles. The van der Waals surface area contributed by atoms with Crippen molar-refractivity contribution in [1.82, 2.24) is 0 Å². The van der Waals surface area contributed by atoms with Gasteiger partial charge in [-0.1, -0.05) is 238 Å². The second-order valence-corrected chi connectivity index (χ2v) is 19.7. The number of rotatable bonds is 49. The van der Waals surface area contributed by atoms with Gasteiger partial charge in [-0.25, -0.2) is 0 Å². The molecule has 1 aliphatic heterocycles. The van der Waals surface area contributed by atoms with Crippen LogP contribution in [0.25, 0.3) is 0 Å². The number of allylic oxidation sites excluding steroid dienone is 2. The van der Waals surface area contributed by atoms with Gasteiger partial charge in [0.25, 0.3) is 0 Å². The van der Waals surface area contributed by atoms with Crippen molar-refractivity contribution in [1.29, 1.82) is 0 Å². The summed E-state index contributed by atoms with van der Waals surface area (Å²) in [5.41, 5.74) is 0. The van der Waals surface area contributed by atoms with Gasteiger partial charge in [0.2, 0.25) is 0 Å². The number of esters is 2. The van der Waals surface area contributed by atoms with Crippen LogP contribution in [0.3, 0.4) is 0 Å². The van der Waals surface area contributed by atoms with Gasteiger partial charge < -0.3 is 39.4 Å². The highest BCUT2D eigenvalue weighted by molar-refractivity contribution is 5.70. The van der Waals surface area contributed by atoms with Crippen LogP contribution in [0.15, 0.2) is 12.2 Å². The fraction of sp³-hybridized carbons (Fsp3) is 0.929. The molecule has 0 radical (unpaired) electrons. The number of aliphatic hydroxyl groups is 4. The molecule has 66 heavy (non-hydrogen) atoms. The molecule has 10 nitrogen and oxygen atoms in total. The Morgan fingerprint density at radius 3 is 1.18 bits per heavy atom. The zero-order chi connectivity index (χ0) is 48.0. The average molecular weight is 939 g/mol. The largest absolute Gasteiger partial charge is 0.462 e. The minimum absolute atomic E-state index is 0.212. The standard InChI is InChI=1S/C56H106O10/c1-3-5-7-9-11-13-15-17-19-21-23-24-25-27-28-30-32-34-36-38-40-42-44-51(58)63-47-49(48-64-56-55(62)54(61)53(60)50(46-57)66-56)65-52(59)45-43-41-39-37-35-33-31-29-26-22-20-18-16-14-12-10-8-6-4-2/h18,20,49-50,53-57,60-62H,3-17,19,21-48H2,1-2H3/b20-18-. The Kier molecular flexibility index (Phi) is 44.6. The lowest BCUT2D eigenvalue weighted by Crippen LogP contribution is -2.59. The third kappa shape index (κ3) is 37.3. The van der Waals surface area contributed by atoms with Crippen molar-refractivity contribution in [3.63, 3.8) is 0 Å². The van der Waals surface area contributed by atoms with E-state index in [1.807, 2.05) is 0 Å². The molecule has 0 bridgehead atoms. The molecular formula is C56H106O10. The summed E-state index contributed by atoms with van der Waals surface area (Å²) >= 11 is 0. The van der Waals surface area contributed by atoms with Crippen molar-refractivity contribution >= 4 is 11.9 Å². The summed E-state index contributed by atoms with van der Waals surface area (Å²) in [6.07, 6.45) is 46.5. The number of carbonyl (C=O) groups is 2. The zero-order valence-electron chi connectivity index (χ0n) is 43.0. The first kappa shape index (κ1) is 62.5. The van der Waals surface area contributed by atoms with Crippen LogP contribution in [0.1, 0.15) is 277 Å². The van der Waals surface area contributed by atoms with Gasteiger partial charge in [0, 0.05) is 12.8 Å². The van der Waals surface area contributed by atoms with E-state index < -0.39 is 49.4 Å². The molecule has 6 atom stereocenters. The number of unbranched alkanes of at least 4 members (excludes halogenated alkanes) is 36. The van der Waals surface area contributed by atoms with Crippen LogP contribution in [0, 0.1) is 0 Å². The summed E-state index contributed by atoms with van der Waals surface area (Å²) in [7, 11) is 0. The van der Waals surface area contributed by atoms with E-state index in [1.165, 1.54) is 205 Å². The molecule has 0 aromatic carbocycles. The first-order chi connectivity index (χ1) is 32.3. The van der Waals surface area contributed by atoms with E-state index in [-0.39, 0.29) is 32.0 Å². The van der Waals surface area contributed by atoms with E-state index >= 15 is 0 Å². The quantitative estimate of drug-likeness (QED) is 0.0263. The van der Waals surface area contributed by atoms with Gasteiger partial charge in [0.15, 0.2) is 12.4 Å². The van der Waals surface area contributed by atoms with Crippen LogP contribution in [-0.4, -0.2) is 89.0 Å². The molecule has 6 unspecified atom stereocenters. The Morgan fingerprint density at radius 1 is 0.455 bits per heavy atom. The van der Waals surface area contributed by atoms with E-state index in [0.717, 1.165) is 38.5 Å². The molecule has 1 rings (SSSR count). The third-order valence-electron chi connectivity index (χ3n) is 13.4. The van der Waals surface area contributed by atoms with E-state index in [9.17, 15) is 30.0 Å². The lowest BCUT2D eigenvalue weighted by Gasteiger charge is -2.39. The Bertz CT molecular complexity index is 1080. The monoisotopic (exact) mass is 939 g/mol. The maximum absolute atomic E-state index is 12.9. The molecule has 0 saturated carbocycles. The summed E-state index contributed by atoms with van der Waals surface area (Å²) < 4.78 is 22.3. The van der Waals surface area contributed by atoms with Gasteiger partial charge in [-0.2, -0.15) is 0 Å². The first-order valence-electron chi connectivity index (χ1n) is 28.3. The van der Waals surface area contributed by atoms with Crippen molar-refractivity contribution in [2.24, 2.45) is 0 Å². The van der Waals surface area contributed by atoms with Gasteiger partial charge in [-0.05, 0) is 38.5 Å². The average Bonchev–Trinajstić information content (AvgIpc) is 3.32. The van der Waals surface area contributed by atoms with Crippen LogP contribution >= 0.6 is 0 Å². The van der Waals surface area contributed by atoms with Gasteiger partial charge in [0.05, 0.1) is 13.2 Å².